The van der Waals surface area contributed by atoms with Crippen molar-refractivity contribution < 1.29 is 4.74 Å². The zero-order valence-electron chi connectivity index (χ0n) is 31.0. The quantitative estimate of drug-likeness (QED) is 0.170. The van der Waals surface area contributed by atoms with Crippen molar-refractivity contribution in [2.24, 2.45) is 0 Å². The summed E-state index contributed by atoms with van der Waals surface area (Å²) in [5.41, 5.74) is 16.6. The number of para-hydroxylation sites is 1. The van der Waals surface area contributed by atoms with Crippen molar-refractivity contribution in [3.05, 3.63) is 223 Å². The second-order valence-electron chi connectivity index (χ2n) is 15.0. The number of anilines is 3. The van der Waals surface area contributed by atoms with E-state index in [1.54, 1.807) is 0 Å². The smallest absolute Gasteiger partial charge is 0.135 e. The average Bonchev–Trinajstić information content (AvgIpc) is 3.53. The van der Waals surface area contributed by atoms with Crippen LogP contribution in [-0.2, 0) is 5.41 Å². The van der Waals surface area contributed by atoms with Gasteiger partial charge in [0.1, 0.15) is 11.5 Å². The van der Waals surface area contributed by atoms with Crippen molar-refractivity contribution in [1.82, 2.24) is 0 Å². The molecule has 1 aliphatic carbocycles. The lowest BCUT2D eigenvalue weighted by atomic mass is 9.74. The molecule has 0 atom stereocenters. The first-order chi connectivity index (χ1) is 27.6. The van der Waals surface area contributed by atoms with Crippen LogP contribution < -0.4 is 9.64 Å². The highest BCUT2D eigenvalue weighted by Gasteiger charge is 2.40. The van der Waals surface area contributed by atoms with E-state index in [0.717, 1.165) is 50.6 Å². The van der Waals surface area contributed by atoms with E-state index in [-0.39, 0.29) is 5.41 Å². The molecule has 0 unspecified atom stereocenters. The van der Waals surface area contributed by atoms with Crippen LogP contribution in [0, 0.1) is 0 Å². The molecule has 0 saturated heterocycles. The van der Waals surface area contributed by atoms with Crippen LogP contribution in [0.2, 0.25) is 0 Å². The number of hydrogen-bond donors (Lipinski definition) is 0. The largest absolute Gasteiger partial charge is 0.456 e. The molecule has 9 aromatic rings. The van der Waals surface area contributed by atoms with Crippen molar-refractivity contribution in [1.29, 1.82) is 0 Å². The van der Waals surface area contributed by atoms with Crippen LogP contribution in [0.4, 0.5) is 17.1 Å². The van der Waals surface area contributed by atoms with E-state index < -0.39 is 0 Å². The Morgan fingerprint density at radius 2 is 0.946 bits per heavy atom. The molecule has 0 saturated carbocycles. The second-order valence-corrected chi connectivity index (χ2v) is 15.0. The molecule has 2 heteroatoms. The standard InChI is InChI=1S/C54H37NO/c1-54(48-21-8-5-18-44(48)45-19-6-9-22-49(45)54)40-28-32-42(33-29-40)55(41-30-25-37(26-31-41)36-13-3-2-4-14-36)50-23-10-7-17-43(50)39-27-34-51-47(35-39)46-20-11-15-38-16-12-24-52(56-51)53(38)46/h2-35H,1H3. The van der Waals surface area contributed by atoms with Gasteiger partial charge in [0.15, 0.2) is 0 Å². The highest BCUT2D eigenvalue weighted by molar-refractivity contribution is 6.05. The number of fused-ring (bicyclic) bond motifs is 5. The summed E-state index contributed by atoms with van der Waals surface area (Å²) in [4.78, 5) is 2.40. The van der Waals surface area contributed by atoms with Gasteiger partial charge in [0.2, 0.25) is 0 Å². The highest BCUT2D eigenvalue weighted by Crippen LogP contribution is 2.53. The molecule has 56 heavy (non-hydrogen) atoms. The molecule has 0 fully saturated rings. The molecule has 1 heterocycles. The summed E-state index contributed by atoms with van der Waals surface area (Å²) in [7, 11) is 0. The zero-order valence-corrected chi connectivity index (χ0v) is 31.0. The van der Waals surface area contributed by atoms with Crippen LogP contribution in [0.25, 0.3) is 55.3 Å². The van der Waals surface area contributed by atoms with E-state index in [1.165, 1.54) is 49.9 Å². The fourth-order valence-electron chi connectivity index (χ4n) is 9.21. The molecular formula is C54H37NO. The minimum Gasteiger partial charge on any atom is -0.456 e. The van der Waals surface area contributed by atoms with Crippen LogP contribution in [0.15, 0.2) is 206 Å². The molecule has 9 aromatic carbocycles. The van der Waals surface area contributed by atoms with Crippen LogP contribution >= 0.6 is 0 Å². The normalized spacial score (nSPS) is 13.0. The summed E-state index contributed by atoms with van der Waals surface area (Å²) < 4.78 is 6.50. The summed E-state index contributed by atoms with van der Waals surface area (Å²) >= 11 is 0. The minimum absolute atomic E-state index is 0.265. The summed E-state index contributed by atoms with van der Waals surface area (Å²) in [5.74, 6) is 1.79. The third-order valence-corrected chi connectivity index (χ3v) is 12.0. The molecule has 1 aliphatic heterocycles. The van der Waals surface area contributed by atoms with Gasteiger partial charge in [-0.1, -0.05) is 158 Å². The molecule has 2 nitrogen and oxygen atoms in total. The second kappa shape index (κ2) is 12.7. The molecule has 0 spiro atoms. The fraction of sp³-hybridized carbons (Fsp3) is 0.0370. The maximum atomic E-state index is 6.50. The minimum atomic E-state index is -0.265. The van der Waals surface area contributed by atoms with Crippen LogP contribution in [0.5, 0.6) is 11.5 Å². The lowest BCUT2D eigenvalue weighted by molar-refractivity contribution is 0.487. The molecule has 0 aromatic heterocycles. The number of ether oxygens (including phenoxy) is 1. The van der Waals surface area contributed by atoms with Gasteiger partial charge in [-0.15, -0.1) is 0 Å². The van der Waals surface area contributed by atoms with E-state index in [1.807, 2.05) is 0 Å². The van der Waals surface area contributed by atoms with Gasteiger partial charge in [0, 0.05) is 33.3 Å². The van der Waals surface area contributed by atoms with Gasteiger partial charge in [-0.05, 0) is 111 Å². The predicted molar refractivity (Wildman–Crippen MR) is 232 cm³/mol. The molecule has 0 bridgehead atoms. The Hall–Kier alpha value is -7.16. The first-order valence-corrected chi connectivity index (χ1v) is 19.3. The first kappa shape index (κ1) is 32.3. The summed E-state index contributed by atoms with van der Waals surface area (Å²) in [6.45, 7) is 2.38. The third-order valence-electron chi connectivity index (χ3n) is 12.0. The van der Waals surface area contributed by atoms with E-state index in [2.05, 4.69) is 218 Å². The number of benzene rings is 9. The molecular weight excluding hydrogens is 679 g/mol. The SMILES string of the molecule is CC1(c2ccc(N(c3ccc(-c4ccccc4)cc3)c3ccccc3-c3ccc4c(c3)-c3cccc5cccc(c35)O4)cc2)c2ccccc2-c2ccccc21. The number of hydrogen-bond acceptors (Lipinski definition) is 2. The van der Waals surface area contributed by atoms with E-state index in [9.17, 15) is 0 Å². The lowest BCUT2D eigenvalue weighted by Gasteiger charge is -2.31. The Morgan fingerprint density at radius 3 is 1.66 bits per heavy atom. The van der Waals surface area contributed by atoms with Crippen molar-refractivity contribution in [3.8, 4) is 56.0 Å². The lowest BCUT2D eigenvalue weighted by Crippen LogP contribution is -2.22. The molecule has 11 rings (SSSR count). The van der Waals surface area contributed by atoms with Gasteiger partial charge in [-0.3, -0.25) is 0 Å². The van der Waals surface area contributed by atoms with Gasteiger partial charge < -0.3 is 9.64 Å². The molecule has 2 aliphatic rings. The van der Waals surface area contributed by atoms with Crippen molar-refractivity contribution >= 4 is 27.8 Å². The Morgan fingerprint density at radius 1 is 0.393 bits per heavy atom. The van der Waals surface area contributed by atoms with Crippen LogP contribution in [-0.4, -0.2) is 0 Å². The van der Waals surface area contributed by atoms with Gasteiger partial charge in [0.25, 0.3) is 0 Å². The molecule has 0 amide bonds. The maximum Gasteiger partial charge on any atom is 0.135 e. The summed E-state index contributed by atoms with van der Waals surface area (Å²) in [5, 5.41) is 2.35. The van der Waals surface area contributed by atoms with Gasteiger partial charge in [-0.2, -0.15) is 0 Å². The van der Waals surface area contributed by atoms with E-state index in [4.69, 9.17) is 4.74 Å². The molecule has 264 valence electrons. The highest BCUT2D eigenvalue weighted by atomic mass is 16.5. The topological polar surface area (TPSA) is 12.5 Å². The van der Waals surface area contributed by atoms with Gasteiger partial charge >= 0.3 is 0 Å². The van der Waals surface area contributed by atoms with Crippen LogP contribution in [0.1, 0.15) is 23.6 Å². The van der Waals surface area contributed by atoms with Crippen molar-refractivity contribution in [3.63, 3.8) is 0 Å². The maximum absolute atomic E-state index is 6.50. The van der Waals surface area contributed by atoms with Crippen molar-refractivity contribution in [2.75, 3.05) is 4.90 Å². The van der Waals surface area contributed by atoms with Crippen molar-refractivity contribution in [2.45, 2.75) is 12.3 Å². The predicted octanol–water partition coefficient (Wildman–Crippen LogP) is 14.8. The first-order valence-electron chi connectivity index (χ1n) is 19.3. The van der Waals surface area contributed by atoms with Gasteiger partial charge in [-0.25, -0.2) is 0 Å². The molecule has 0 radical (unpaired) electrons. The average molecular weight is 716 g/mol. The number of nitrogens with zero attached hydrogens (tertiary/aromatic N) is 1. The number of rotatable bonds is 6. The van der Waals surface area contributed by atoms with Gasteiger partial charge in [0.05, 0.1) is 5.69 Å². The Labute approximate surface area is 327 Å². The summed E-state index contributed by atoms with van der Waals surface area (Å²) in [6.07, 6.45) is 0. The fourth-order valence-corrected chi connectivity index (χ4v) is 9.21. The zero-order chi connectivity index (χ0) is 37.2. The monoisotopic (exact) mass is 715 g/mol. The molecule has 0 N–H and O–H groups in total. The summed E-state index contributed by atoms with van der Waals surface area (Å²) in [6, 6.07) is 74.7. The van der Waals surface area contributed by atoms with Crippen LogP contribution in [0.3, 0.4) is 0 Å². The third kappa shape index (κ3) is 4.96. The Bertz CT molecular complexity index is 2890. The van der Waals surface area contributed by atoms with E-state index in [0.29, 0.717) is 0 Å². The Kier molecular flexibility index (Phi) is 7.33. The van der Waals surface area contributed by atoms with E-state index >= 15 is 0 Å². The Balaban J connectivity index is 1.06.